The fourth-order valence-electron chi connectivity index (χ4n) is 3.56. The van der Waals surface area contributed by atoms with Gasteiger partial charge in [-0.05, 0) is 18.2 Å². The molecule has 0 unspecified atom stereocenters. The second-order valence-corrected chi connectivity index (χ2v) is 10.4. The minimum Gasteiger partial charge on any atom is -0.442 e. The number of anilines is 2. The van der Waals surface area contributed by atoms with Crippen LogP contribution < -0.4 is 15.1 Å². The standard InChI is InChI=1S/C20H26FN5O4S2/c1-14(2)19(31)23-12-16-13-26(20(27)30-16)15-3-4-18(17(21)11-15)24-6-8-25(9-7-24)32(28,29)10-5-22/h3-4,11,14,16H,6-10,12-13H2,1-2H3,(H,23,31)/t16-/m0/s1. The van der Waals surface area contributed by atoms with Crippen molar-refractivity contribution in [2.75, 3.05) is 54.8 Å². The van der Waals surface area contributed by atoms with Gasteiger partial charge in [-0.15, -0.1) is 0 Å². The monoisotopic (exact) mass is 483 g/mol. The highest BCUT2D eigenvalue weighted by molar-refractivity contribution is 7.89. The number of piperazine rings is 1. The summed E-state index contributed by atoms with van der Waals surface area (Å²) in [6, 6.07) is 6.17. The molecule has 0 bridgehead atoms. The predicted octanol–water partition coefficient (Wildman–Crippen LogP) is 1.70. The summed E-state index contributed by atoms with van der Waals surface area (Å²) < 4.78 is 45.5. The van der Waals surface area contributed by atoms with Crippen molar-refractivity contribution in [2.45, 2.75) is 20.0 Å². The molecule has 1 amide bonds. The number of benzene rings is 1. The van der Waals surface area contributed by atoms with E-state index in [-0.39, 0.29) is 25.6 Å². The predicted molar refractivity (Wildman–Crippen MR) is 123 cm³/mol. The number of ether oxygens (including phenoxy) is 1. The summed E-state index contributed by atoms with van der Waals surface area (Å²) in [7, 11) is -3.61. The zero-order valence-corrected chi connectivity index (χ0v) is 19.6. The van der Waals surface area contributed by atoms with E-state index < -0.39 is 33.8 Å². The van der Waals surface area contributed by atoms with Gasteiger partial charge in [-0.1, -0.05) is 26.1 Å². The molecule has 1 atom stereocenters. The van der Waals surface area contributed by atoms with Gasteiger partial charge < -0.3 is 15.0 Å². The maximum atomic E-state index is 14.9. The summed E-state index contributed by atoms with van der Waals surface area (Å²) in [6.07, 6.45) is -0.943. The highest BCUT2D eigenvalue weighted by atomic mass is 32.2. The molecule has 2 aliphatic rings. The maximum Gasteiger partial charge on any atom is 0.414 e. The molecule has 2 saturated heterocycles. The fourth-order valence-corrected chi connectivity index (χ4v) is 4.71. The van der Waals surface area contributed by atoms with Crippen LogP contribution in [-0.2, 0) is 14.8 Å². The Morgan fingerprint density at radius 2 is 2.03 bits per heavy atom. The second-order valence-electron chi connectivity index (χ2n) is 7.95. The van der Waals surface area contributed by atoms with E-state index in [1.54, 1.807) is 23.1 Å². The Morgan fingerprint density at radius 3 is 2.62 bits per heavy atom. The van der Waals surface area contributed by atoms with Gasteiger partial charge in [0.05, 0.1) is 35.5 Å². The Morgan fingerprint density at radius 1 is 1.34 bits per heavy atom. The average Bonchev–Trinajstić information content (AvgIpc) is 3.12. The number of cyclic esters (lactones) is 1. The molecule has 0 aromatic heterocycles. The van der Waals surface area contributed by atoms with Crippen molar-refractivity contribution in [2.24, 2.45) is 5.92 Å². The van der Waals surface area contributed by atoms with Crippen molar-refractivity contribution >= 4 is 44.7 Å². The van der Waals surface area contributed by atoms with Crippen LogP contribution in [0.4, 0.5) is 20.6 Å². The Labute approximate surface area is 192 Å². The Bertz CT molecular complexity index is 1020. The van der Waals surface area contributed by atoms with Gasteiger partial charge in [0.25, 0.3) is 0 Å². The first-order valence-corrected chi connectivity index (χ1v) is 12.3. The van der Waals surface area contributed by atoms with Crippen molar-refractivity contribution in [1.29, 1.82) is 5.26 Å². The molecule has 32 heavy (non-hydrogen) atoms. The van der Waals surface area contributed by atoms with E-state index in [0.717, 1.165) is 0 Å². The molecule has 3 rings (SSSR count). The number of carbonyl (C=O) groups is 1. The third-order valence-electron chi connectivity index (χ3n) is 5.37. The molecule has 2 fully saturated rings. The van der Waals surface area contributed by atoms with Gasteiger partial charge in [0.2, 0.25) is 10.0 Å². The summed E-state index contributed by atoms with van der Waals surface area (Å²) in [6.45, 7) is 5.56. The number of hydrogen-bond acceptors (Lipinski definition) is 7. The van der Waals surface area contributed by atoms with Crippen LogP contribution in [0.1, 0.15) is 13.8 Å². The zero-order valence-electron chi connectivity index (χ0n) is 18.0. The van der Waals surface area contributed by atoms with Crippen LogP contribution in [0, 0.1) is 23.1 Å². The molecule has 1 aromatic rings. The third kappa shape index (κ3) is 5.46. The van der Waals surface area contributed by atoms with E-state index in [0.29, 0.717) is 36.0 Å². The van der Waals surface area contributed by atoms with Crippen molar-refractivity contribution in [3.8, 4) is 6.07 Å². The van der Waals surface area contributed by atoms with Gasteiger partial charge in [-0.3, -0.25) is 4.90 Å². The molecule has 1 aromatic carbocycles. The average molecular weight is 484 g/mol. The normalized spacial score (nSPS) is 19.7. The molecule has 0 saturated carbocycles. The molecule has 2 heterocycles. The van der Waals surface area contributed by atoms with Crippen LogP contribution in [0.25, 0.3) is 0 Å². The van der Waals surface area contributed by atoms with Crippen LogP contribution >= 0.6 is 12.2 Å². The van der Waals surface area contributed by atoms with Crippen LogP contribution in [0.5, 0.6) is 0 Å². The van der Waals surface area contributed by atoms with Crippen LogP contribution in [0.2, 0.25) is 0 Å². The van der Waals surface area contributed by atoms with E-state index in [2.05, 4.69) is 5.32 Å². The largest absolute Gasteiger partial charge is 0.442 e. The topological polar surface area (TPSA) is 106 Å². The summed E-state index contributed by atoms with van der Waals surface area (Å²) in [5.41, 5.74) is 0.722. The maximum absolute atomic E-state index is 14.9. The van der Waals surface area contributed by atoms with Crippen LogP contribution in [0.3, 0.4) is 0 Å². The van der Waals surface area contributed by atoms with Gasteiger partial charge >= 0.3 is 6.09 Å². The molecule has 1 N–H and O–H groups in total. The first kappa shape index (κ1) is 24.2. The molecular formula is C20H26FN5O4S2. The molecule has 2 aliphatic heterocycles. The second kappa shape index (κ2) is 9.97. The number of nitrogens with zero attached hydrogens (tertiary/aromatic N) is 4. The summed E-state index contributed by atoms with van der Waals surface area (Å²) in [5, 5.41) is 11.7. The number of hydrogen-bond donors (Lipinski definition) is 1. The Hall–Kier alpha value is -2.49. The minimum absolute atomic E-state index is 0.177. The van der Waals surface area contributed by atoms with Crippen molar-refractivity contribution in [1.82, 2.24) is 9.62 Å². The van der Waals surface area contributed by atoms with Crippen molar-refractivity contribution in [3.05, 3.63) is 24.0 Å². The van der Waals surface area contributed by atoms with Gasteiger partial charge in [-0.2, -0.15) is 9.57 Å². The first-order chi connectivity index (χ1) is 15.1. The molecule has 0 aliphatic carbocycles. The number of sulfonamides is 1. The Balaban J connectivity index is 1.62. The molecule has 174 valence electrons. The first-order valence-electron chi connectivity index (χ1n) is 10.3. The minimum atomic E-state index is -3.61. The lowest BCUT2D eigenvalue weighted by Crippen LogP contribution is -2.49. The molecule has 0 spiro atoms. The van der Waals surface area contributed by atoms with Gasteiger partial charge in [0.15, 0.2) is 5.75 Å². The van der Waals surface area contributed by atoms with E-state index >= 15 is 0 Å². The lowest BCUT2D eigenvalue weighted by molar-refractivity contribution is 0.143. The van der Waals surface area contributed by atoms with Crippen LogP contribution in [-0.4, -0.2) is 74.9 Å². The van der Waals surface area contributed by atoms with Crippen molar-refractivity contribution in [3.63, 3.8) is 0 Å². The van der Waals surface area contributed by atoms with Crippen LogP contribution in [0.15, 0.2) is 18.2 Å². The molecule has 12 heteroatoms. The fraction of sp³-hybridized carbons (Fsp3) is 0.550. The van der Waals surface area contributed by atoms with Crippen molar-refractivity contribution < 1.29 is 22.3 Å². The van der Waals surface area contributed by atoms with Gasteiger partial charge in [-0.25, -0.2) is 17.6 Å². The smallest absolute Gasteiger partial charge is 0.414 e. The molecule has 9 nitrogen and oxygen atoms in total. The lowest BCUT2D eigenvalue weighted by Gasteiger charge is -2.35. The van der Waals surface area contributed by atoms with E-state index in [9.17, 15) is 17.6 Å². The number of amides is 1. The summed E-state index contributed by atoms with van der Waals surface area (Å²) in [5.74, 6) is -0.888. The lowest BCUT2D eigenvalue weighted by atomic mass is 10.2. The molecular weight excluding hydrogens is 457 g/mol. The van der Waals surface area contributed by atoms with Gasteiger partial charge in [0, 0.05) is 32.1 Å². The number of rotatable bonds is 7. The molecule has 0 radical (unpaired) electrons. The number of nitriles is 1. The SMILES string of the molecule is CC(C)C(=S)NC[C@H]1CN(c2ccc(N3CCN(S(=O)(=O)CC#N)CC3)c(F)c2)C(=O)O1. The summed E-state index contributed by atoms with van der Waals surface area (Å²) in [4.78, 5) is 16.1. The highest BCUT2D eigenvalue weighted by Gasteiger charge is 2.33. The third-order valence-corrected chi connectivity index (χ3v) is 7.63. The summed E-state index contributed by atoms with van der Waals surface area (Å²) >= 11 is 5.23. The number of halogens is 1. The van der Waals surface area contributed by atoms with E-state index in [1.165, 1.54) is 15.3 Å². The number of carbonyl (C=O) groups excluding carboxylic acids is 1. The number of thiocarbonyl (C=S) groups is 1. The quantitative estimate of drug-likeness (QED) is 0.584. The van der Waals surface area contributed by atoms with E-state index in [4.69, 9.17) is 22.2 Å². The van der Waals surface area contributed by atoms with E-state index in [1.807, 2.05) is 13.8 Å². The highest BCUT2D eigenvalue weighted by Crippen LogP contribution is 2.28. The zero-order chi connectivity index (χ0) is 23.5. The number of nitrogens with one attached hydrogen (secondary N) is 1. The Kier molecular flexibility index (Phi) is 7.53. The van der Waals surface area contributed by atoms with Gasteiger partial charge in [0.1, 0.15) is 11.9 Å².